The molecule has 4 aliphatic rings. The highest BCUT2D eigenvalue weighted by molar-refractivity contribution is 8.00. The molecule has 0 spiro atoms. The van der Waals surface area contributed by atoms with Crippen LogP contribution >= 0.6 is 11.8 Å². The van der Waals surface area contributed by atoms with Gasteiger partial charge in [0, 0.05) is 18.5 Å². The number of hydrogen-bond acceptors (Lipinski definition) is 5. The lowest BCUT2D eigenvalue weighted by molar-refractivity contribution is -0.121. The quantitative estimate of drug-likeness (QED) is 0.858. The number of nitrogens with one attached hydrogen (secondary N) is 1. The van der Waals surface area contributed by atoms with Gasteiger partial charge in [0.25, 0.3) is 0 Å². The predicted octanol–water partition coefficient (Wildman–Crippen LogP) is 2.10. The average molecular weight is 331 g/mol. The van der Waals surface area contributed by atoms with Crippen LogP contribution in [0.2, 0.25) is 0 Å². The fourth-order valence-electron chi connectivity index (χ4n) is 2.91. The second kappa shape index (κ2) is 6.61. The second-order valence-electron chi connectivity index (χ2n) is 6.36. The molecule has 2 aliphatic heterocycles. The Morgan fingerprint density at radius 3 is 2.91 bits per heavy atom. The number of carbonyl (C=O) groups is 1. The molecule has 0 aromatic heterocycles. The van der Waals surface area contributed by atoms with Crippen LogP contribution in [0.25, 0.3) is 0 Å². The van der Waals surface area contributed by atoms with Gasteiger partial charge < -0.3 is 10.1 Å². The van der Waals surface area contributed by atoms with Crippen molar-refractivity contribution in [3.8, 4) is 0 Å². The molecule has 1 unspecified atom stereocenters. The van der Waals surface area contributed by atoms with Crippen molar-refractivity contribution < 1.29 is 9.53 Å². The smallest absolute Gasteiger partial charge is 0.238 e. The summed E-state index contributed by atoms with van der Waals surface area (Å²) >= 11 is 1.87. The number of amides is 1. The number of thioether (sulfide) groups is 1. The van der Waals surface area contributed by atoms with Gasteiger partial charge in [-0.25, -0.2) is 4.99 Å². The van der Waals surface area contributed by atoms with Gasteiger partial charge in [0.2, 0.25) is 5.91 Å². The topological polar surface area (TPSA) is 63.0 Å². The number of allylic oxidation sites excluding steroid dienone is 2. The van der Waals surface area contributed by atoms with Crippen LogP contribution in [-0.2, 0) is 9.53 Å². The first kappa shape index (κ1) is 15.1. The van der Waals surface area contributed by atoms with Crippen LogP contribution in [-0.4, -0.2) is 47.7 Å². The van der Waals surface area contributed by atoms with E-state index in [0.717, 1.165) is 49.1 Å². The molecule has 2 heterocycles. The molecule has 0 aromatic carbocycles. The summed E-state index contributed by atoms with van der Waals surface area (Å²) in [7, 11) is 0. The molecule has 1 saturated heterocycles. The SMILES string of the molecule is O=C1NC(CSC2CCOCC2)=NC2=CC(=NC3CC3)C=CC12. The van der Waals surface area contributed by atoms with E-state index in [-0.39, 0.29) is 11.8 Å². The number of fused-ring (bicyclic) bond motifs is 1. The van der Waals surface area contributed by atoms with Crippen LogP contribution in [0.3, 0.4) is 0 Å². The highest BCUT2D eigenvalue weighted by Gasteiger charge is 2.30. The number of hydrogen-bond donors (Lipinski definition) is 1. The fraction of sp³-hybridized carbons (Fsp3) is 0.588. The standard InChI is InChI=1S/C17H21N3O2S/c21-17-14-4-3-12(18-11-1-2-11)9-15(14)19-16(20-17)10-23-13-5-7-22-8-6-13/h3-4,9,11,13-14H,1-2,5-8,10H2,(H,19,20,21). The molecule has 5 nitrogen and oxygen atoms in total. The Hall–Kier alpha value is -1.40. The van der Waals surface area contributed by atoms with E-state index in [1.165, 1.54) is 12.8 Å². The summed E-state index contributed by atoms with van der Waals surface area (Å²) in [6.07, 6.45) is 10.4. The van der Waals surface area contributed by atoms with Gasteiger partial charge in [-0.3, -0.25) is 9.79 Å². The zero-order valence-corrected chi connectivity index (χ0v) is 13.8. The van der Waals surface area contributed by atoms with E-state index in [9.17, 15) is 4.79 Å². The number of carbonyl (C=O) groups excluding carboxylic acids is 1. The molecule has 0 bridgehead atoms. The maximum atomic E-state index is 12.3. The number of ether oxygens (including phenoxy) is 1. The molecule has 1 amide bonds. The van der Waals surface area contributed by atoms with Crippen molar-refractivity contribution in [2.75, 3.05) is 19.0 Å². The van der Waals surface area contributed by atoms with E-state index in [4.69, 9.17) is 4.74 Å². The molecular formula is C17H21N3O2S. The maximum absolute atomic E-state index is 12.3. The van der Waals surface area contributed by atoms with Crippen LogP contribution in [0.15, 0.2) is 33.9 Å². The van der Waals surface area contributed by atoms with Gasteiger partial charge in [0.05, 0.1) is 29.1 Å². The number of aliphatic imine (C=N–C) groups is 2. The molecule has 4 rings (SSSR count). The molecular weight excluding hydrogens is 310 g/mol. The minimum atomic E-state index is -0.259. The van der Waals surface area contributed by atoms with Crippen LogP contribution in [0.5, 0.6) is 0 Å². The molecule has 2 fully saturated rings. The van der Waals surface area contributed by atoms with Gasteiger partial charge in [0.15, 0.2) is 0 Å². The molecule has 0 aromatic rings. The van der Waals surface area contributed by atoms with Crippen LogP contribution in [0.4, 0.5) is 0 Å². The van der Waals surface area contributed by atoms with Gasteiger partial charge >= 0.3 is 0 Å². The summed E-state index contributed by atoms with van der Waals surface area (Å²) in [6.45, 7) is 1.69. The lowest BCUT2D eigenvalue weighted by atomic mass is 9.96. The first-order valence-electron chi connectivity index (χ1n) is 8.33. The van der Waals surface area contributed by atoms with Gasteiger partial charge in [0.1, 0.15) is 5.84 Å². The van der Waals surface area contributed by atoms with Gasteiger partial charge in [-0.05, 0) is 37.8 Å². The van der Waals surface area contributed by atoms with E-state index in [0.29, 0.717) is 11.3 Å². The average Bonchev–Trinajstić information content (AvgIpc) is 3.38. The van der Waals surface area contributed by atoms with Gasteiger partial charge in [-0.15, -0.1) is 0 Å². The molecule has 2 aliphatic carbocycles. The van der Waals surface area contributed by atoms with Crippen LogP contribution < -0.4 is 5.32 Å². The molecule has 122 valence electrons. The maximum Gasteiger partial charge on any atom is 0.238 e. The first-order chi connectivity index (χ1) is 11.3. The third kappa shape index (κ3) is 3.75. The Bertz CT molecular complexity index is 613. The number of rotatable bonds is 4. The zero-order valence-electron chi connectivity index (χ0n) is 13.0. The first-order valence-corrected chi connectivity index (χ1v) is 9.38. The van der Waals surface area contributed by atoms with E-state index < -0.39 is 0 Å². The Balaban J connectivity index is 1.44. The lowest BCUT2D eigenvalue weighted by Crippen LogP contribution is -2.42. The molecule has 6 heteroatoms. The monoisotopic (exact) mass is 331 g/mol. The minimum Gasteiger partial charge on any atom is -0.381 e. The summed E-state index contributed by atoms with van der Waals surface area (Å²) in [6, 6.07) is 0.480. The Kier molecular flexibility index (Phi) is 4.35. The van der Waals surface area contributed by atoms with Gasteiger partial charge in [-0.2, -0.15) is 11.8 Å². The summed E-state index contributed by atoms with van der Waals surface area (Å²) < 4.78 is 5.38. The minimum absolute atomic E-state index is 0.0237. The van der Waals surface area contributed by atoms with E-state index in [1.807, 2.05) is 30.0 Å². The second-order valence-corrected chi connectivity index (χ2v) is 7.65. The molecule has 23 heavy (non-hydrogen) atoms. The molecule has 1 atom stereocenters. The summed E-state index contributed by atoms with van der Waals surface area (Å²) in [5.74, 6) is 1.29. The van der Waals surface area contributed by atoms with E-state index in [2.05, 4.69) is 15.3 Å². The lowest BCUT2D eigenvalue weighted by Gasteiger charge is -2.25. The molecule has 1 saturated carbocycles. The third-order valence-electron chi connectivity index (χ3n) is 4.39. The van der Waals surface area contributed by atoms with E-state index >= 15 is 0 Å². The fourth-order valence-corrected chi connectivity index (χ4v) is 3.97. The van der Waals surface area contributed by atoms with E-state index in [1.54, 1.807) is 0 Å². The summed E-state index contributed by atoms with van der Waals surface area (Å²) in [5, 5.41) is 3.56. The highest BCUT2D eigenvalue weighted by atomic mass is 32.2. The zero-order chi connectivity index (χ0) is 15.6. The molecule has 0 radical (unpaired) electrons. The number of nitrogens with zero attached hydrogens (tertiary/aromatic N) is 2. The van der Waals surface area contributed by atoms with Crippen molar-refractivity contribution in [3.05, 3.63) is 23.9 Å². The predicted molar refractivity (Wildman–Crippen MR) is 93.0 cm³/mol. The highest BCUT2D eigenvalue weighted by Crippen LogP contribution is 2.28. The van der Waals surface area contributed by atoms with Gasteiger partial charge in [-0.1, -0.05) is 6.08 Å². The molecule has 1 N–H and O–H groups in total. The third-order valence-corrected chi connectivity index (χ3v) is 5.77. The van der Waals surface area contributed by atoms with Crippen molar-refractivity contribution in [2.24, 2.45) is 15.9 Å². The van der Waals surface area contributed by atoms with Crippen molar-refractivity contribution in [1.82, 2.24) is 5.32 Å². The van der Waals surface area contributed by atoms with Crippen molar-refractivity contribution in [1.29, 1.82) is 0 Å². The summed E-state index contributed by atoms with van der Waals surface area (Å²) in [5.41, 5.74) is 1.78. The number of amidine groups is 1. The largest absolute Gasteiger partial charge is 0.381 e. The van der Waals surface area contributed by atoms with Crippen LogP contribution in [0, 0.1) is 5.92 Å². The normalized spacial score (nSPS) is 29.8. The Labute approximate surface area is 140 Å². The summed E-state index contributed by atoms with van der Waals surface area (Å²) in [4.78, 5) is 21.6. The van der Waals surface area contributed by atoms with Crippen molar-refractivity contribution in [2.45, 2.75) is 37.0 Å². The van der Waals surface area contributed by atoms with Crippen molar-refractivity contribution in [3.63, 3.8) is 0 Å². The van der Waals surface area contributed by atoms with Crippen molar-refractivity contribution >= 4 is 29.2 Å². The Morgan fingerprint density at radius 2 is 2.13 bits per heavy atom. The van der Waals surface area contributed by atoms with Crippen LogP contribution in [0.1, 0.15) is 25.7 Å². The Morgan fingerprint density at radius 1 is 1.30 bits per heavy atom.